The Morgan fingerprint density at radius 2 is 1.23 bits per heavy atom. The Hall–Kier alpha value is -3.46. The van der Waals surface area contributed by atoms with Gasteiger partial charge >= 0.3 is 5.63 Å². The van der Waals surface area contributed by atoms with Crippen LogP contribution in [0, 0.1) is 0 Å². The van der Waals surface area contributed by atoms with Gasteiger partial charge < -0.3 is 4.42 Å². The lowest BCUT2D eigenvalue weighted by Gasteiger charge is -2.10. The highest BCUT2D eigenvalue weighted by Gasteiger charge is 2.16. The summed E-state index contributed by atoms with van der Waals surface area (Å²) in [5, 5.41) is 0. The molecular formula is C23H17NO2. The van der Waals surface area contributed by atoms with Crippen LogP contribution in [0.25, 0.3) is 22.7 Å². The van der Waals surface area contributed by atoms with E-state index >= 15 is 0 Å². The van der Waals surface area contributed by atoms with E-state index in [9.17, 15) is 4.79 Å². The molecule has 0 saturated carbocycles. The van der Waals surface area contributed by atoms with E-state index in [1.54, 1.807) is 0 Å². The molecule has 1 heterocycles. The first kappa shape index (κ1) is 16.0. The molecule has 3 nitrogen and oxygen atoms in total. The Kier molecular flexibility index (Phi) is 4.44. The predicted octanol–water partition coefficient (Wildman–Crippen LogP) is 4.96. The number of hydrogen-bond donors (Lipinski definition) is 0. The first-order chi connectivity index (χ1) is 12.8. The minimum Gasteiger partial charge on any atom is -0.403 e. The van der Waals surface area contributed by atoms with Gasteiger partial charge in [0.25, 0.3) is 0 Å². The lowest BCUT2D eigenvalue weighted by molar-refractivity contribution is 0.501. The fourth-order valence-corrected chi connectivity index (χ4v) is 2.93. The van der Waals surface area contributed by atoms with E-state index in [1.807, 2.05) is 91.0 Å². The SMILES string of the molecule is O=c1oc(-c2ccccc2)nc(-c2ccccc2)c1Cc1ccccc1. The van der Waals surface area contributed by atoms with Crippen LogP contribution in [0.3, 0.4) is 0 Å². The van der Waals surface area contributed by atoms with Crippen LogP contribution in [0.1, 0.15) is 11.1 Å². The van der Waals surface area contributed by atoms with Crippen LogP contribution in [0.4, 0.5) is 0 Å². The Bertz CT molecular complexity index is 1060. The van der Waals surface area contributed by atoms with Crippen molar-refractivity contribution in [3.8, 4) is 22.7 Å². The number of aromatic nitrogens is 1. The predicted molar refractivity (Wildman–Crippen MR) is 103 cm³/mol. The quantitative estimate of drug-likeness (QED) is 0.528. The van der Waals surface area contributed by atoms with Gasteiger partial charge in [0.2, 0.25) is 5.89 Å². The van der Waals surface area contributed by atoms with E-state index in [1.165, 1.54) is 0 Å². The average molecular weight is 339 g/mol. The fraction of sp³-hybridized carbons (Fsp3) is 0.0435. The molecule has 0 fully saturated rings. The lowest BCUT2D eigenvalue weighted by Crippen LogP contribution is -2.13. The van der Waals surface area contributed by atoms with Gasteiger partial charge in [0.15, 0.2) is 0 Å². The van der Waals surface area contributed by atoms with Crippen molar-refractivity contribution < 1.29 is 4.42 Å². The first-order valence-corrected chi connectivity index (χ1v) is 8.50. The van der Waals surface area contributed by atoms with E-state index in [0.29, 0.717) is 23.6 Å². The van der Waals surface area contributed by atoms with Crippen molar-refractivity contribution in [2.45, 2.75) is 6.42 Å². The molecule has 3 heteroatoms. The summed E-state index contributed by atoms with van der Waals surface area (Å²) in [4.78, 5) is 17.5. The van der Waals surface area contributed by atoms with Crippen molar-refractivity contribution >= 4 is 0 Å². The molecule has 4 aromatic rings. The number of nitrogens with zero attached hydrogens (tertiary/aromatic N) is 1. The summed E-state index contributed by atoms with van der Waals surface area (Å²) in [6, 6.07) is 29.1. The number of rotatable bonds is 4. The third-order valence-electron chi connectivity index (χ3n) is 4.23. The minimum atomic E-state index is -0.346. The van der Waals surface area contributed by atoms with E-state index < -0.39 is 0 Å². The summed E-state index contributed by atoms with van der Waals surface area (Å²) in [7, 11) is 0. The third-order valence-corrected chi connectivity index (χ3v) is 4.23. The highest BCUT2D eigenvalue weighted by molar-refractivity contribution is 5.66. The zero-order valence-electron chi connectivity index (χ0n) is 14.1. The molecule has 0 amide bonds. The van der Waals surface area contributed by atoms with Gasteiger partial charge in [-0.2, -0.15) is 0 Å². The van der Waals surface area contributed by atoms with E-state index in [-0.39, 0.29) is 5.63 Å². The van der Waals surface area contributed by atoms with Gasteiger partial charge in [-0.15, -0.1) is 0 Å². The molecule has 0 bridgehead atoms. The molecule has 0 aliphatic heterocycles. The molecule has 0 aliphatic rings. The van der Waals surface area contributed by atoms with Gasteiger partial charge in [-0.3, -0.25) is 0 Å². The van der Waals surface area contributed by atoms with E-state index in [0.717, 1.165) is 16.7 Å². The molecule has 4 rings (SSSR count). The summed E-state index contributed by atoms with van der Waals surface area (Å²) in [6.07, 6.45) is 0.482. The Morgan fingerprint density at radius 3 is 1.85 bits per heavy atom. The number of hydrogen-bond acceptors (Lipinski definition) is 3. The van der Waals surface area contributed by atoms with Gasteiger partial charge in [-0.1, -0.05) is 78.9 Å². The van der Waals surface area contributed by atoms with Crippen molar-refractivity contribution in [2.75, 3.05) is 0 Å². The summed E-state index contributed by atoms with van der Waals surface area (Å²) in [5.41, 5.74) is 3.64. The topological polar surface area (TPSA) is 43.1 Å². The Labute approximate surface area is 151 Å². The summed E-state index contributed by atoms with van der Waals surface area (Å²) in [5.74, 6) is 0.339. The molecule has 1 aromatic heterocycles. The normalized spacial score (nSPS) is 10.6. The molecule has 3 aromatic carbocycles. The second kappa shape index (κ2) is 7.19. The molecule has 0 radical (unpaired) electrons. The monoisotopic (exact) mass is 339 g/mol. The van der Waals surface area contributed by atoms with Crippen LogP contribution in [-0.4, -0.2) is 4.98 Å². The van der Waals surface area contributed by atoms with Crippen LogP contribution in [-0.2, 0) is 6.42 Å². The molecule has 0 saturated heterocycles. The molecular weight excluding hydrogens is 322 g/mol. The van der Waals surface area contributed by atoms with E-state index in [2.05, 4.69) is 0 Å². The van der Waals surface area contributed by atoms with Crippen molar-refractivity contribution in [1.29, 1.82) is 0 Å². The first-order valence-electron chi connectivity index (χ1n) is 8.50. The largest absolute Gasteiger partial charge is 0.403 e. The van der Waals surface area contributed by atoms with Gasteiger partial charge in [-0.25, -0.2) is 9.78 Å². The van der Waals surface area contributed by atoms with Gasteiger partial charge in [0.05, 0.1) is 11.3 Å². The van der Waals surface area contributed by atoms with Crippen molar-refractivity contribution in [1.82, 2.24) is 4.98 Å². The maximum Gasteiger partial charge on any atom is 0.343 e. The highest BCUT2D eigenvalue weighted by atomic mass is 16.4. The smallest absolute Gasteiger partial charge is 0.343 e. The van der Waals surface area contributed by atoms with Gasteiger partial charge in [-0.05, 0) is 17.7 Å². The Balaban J connectivity index is 1.89. The molecule has 0 aliphatic carbocycles. The second-order valence-electron chi connectivity index (χ2n) is 6.03. The molecule has 0 unspecified atom stereocenters. The van der Waals surface area contributed by atoms with Crippen LogP contribution >= 0.6 is 0 Å². The van der Waals surface area contributed by atoms with Crippen LogP contribution in [0.15, 0.2) is 100 Å². The standard InChI is InChI=1S/C23H17NO2/c25-23-20(16-17-10-4-1-5-11-17)21(18-12-6-2-7-13-18)24-22(26-23)19-14-8-3-9-15-19/h1-15H,16H2. The fourth-order valence-electron chi connectivity index (χ4n) is 2.93. The zero-order chi connectivity index (χ0) is 17.8. The van der Waals surface area contributed by atoms with Gasteiger partial charge in [0, 0.05) is 17.5 Å². The lowest BCUT2D eigenvalue weighted by atomic mass is 10.0. The number of benzene rings is 3. The minimum absolute atomic E-state index is 0.339. The third kappa shape index (κ3) is 3.33. The van der Waals surface area contributed by atoms with Crippen molar-refractivity contribution in [3.05, 3.63) is 113 Å². The second-order valence-corrected chi connectivity index (χ2v) is 6.03. The molecule has 0 atom stereocenters. The summed E-state index contributed by atoms with van der Waals surface area (Å²) >= 11 is 0. The van der Waals surface area contributed by atoms with Crippen molar-refractivity contribution in [2.24, 2.45) is 0 Å². The van der Waals surface area contributed by atoms with Gasteiger partial charge in [0.1, 0.15) is 0 Å². The maximum atomic E-state index is 12.8. The van der Waals surface area contributed by atoms with Crippen LogP contribution in [0.2, 0.25) is 0 Å². The molecule has 0 spiro atoms. The highest BCUT2D eigenvalue weighted by Crippen LogP contribution is 2.25. The molecule has 26 heavy (non-hydrogen) atoms. The zero-order valence-corrected chi connectivity index (χ0v) is 14.1. The van der Waals surface area contributed by atoms with Crippen molar-refractivity contribution in [3.63, 3.8) is 0 Å². The van der Waals surface area contributed by atoms with Crippen LogP contribution < -0.4 is 5.63 Å². The van der Waals surface area contributed by atoms with Crippen LogP contribution in [0.5, 0.6) is 0 Å². The van der Waals surface area contributed by atoms with E-state index in [4.69, 9.17) is 9.40 Å². The molecule has 0 N–H and O–H groups in total. The summed E-state index contributed by atoms with van der Waals surface area (Å²) < 4.78 is 5.56. The maximum absolute atomic E-state index is 12.8. The summed E-state index contributed by atoms with van der Waals surface area (Å²) in [6.45, 7) is 0. The molecule has 126 valence electrons. The average Bonchev–Trinajstić information content (AvgIpc) is 2.71. The Morgan fingerprint density at radius 1 is 0.692 bits per heavy atom.